The zero-order chi connectivity index (χ0) is 20.4. The number of hydrogen-bond donors (Lipinski definition) is 0. The third-order valence-corrected chi connectivity index (χ3v) is 5.98. The highest BCUT2D eigenvalue weighted by atomic mass is 79.9. The maximum atomic E-state index is 13.3. The minimum atomic E-state index is -0.236. The molecule has 0 aliphatic carbocycles. The number of pyridine rings is 1. The number of likely N-dealkylation sites (tertiary alicyclic amines) is 1. The predicted octanol–water partition coefficient (Wildman–Crippen LogP) is 4.94. The number of hydrogen-bond acceptors (Lipinski definition) is 2. The second kappa shape index (κ2) is 8.37. The van der Waals surface area contributed by atoms with Gasteiger partial charge in [-0.05, 0) is 55.2 Å². The van der Waals surface area contributed by atoms with Gasteiger partial charge in [0.25, 0.3) is 11.5 Å². The molecular formula is C24H23BrN2O2. The summed E-state index contributed by atoms with van der Waals surface area (Å²) in [5.41, 5.74) is 3.31. The lowest BCUT2D eigenvalue weighted by molar-refractivity contribution is 0.0733. The second-order valence-corrected chi connectivity index (χ2v) is 8.47. The average Bonchev–Trinajstić information content (AvgIpc) is 3.19. The lowest BCUT2D eigenvalue weighted by Crippen LogP contribution is -2.36. The largest absolute Gasteiger partial charge is 0.331 e. The van der Waals surface area contributed by atoms with Crippen LogP contribution in [0.4, 0.5) is 0 Å². The summed E-state index contributed by atoms with van der Waals surface area (Å²) < 4.78 is 2.63. The number of amides is 1. The van der Waals surface area contributed by atoms with E-state index in [9.17, 15) is 9.59 Å². The number of benzene rings is 2. The van der Waals surface area contributed by atoms with Crippen molar-refractivity contribution < 1.29 is 4.79 Å². The van der Waals surface area contributed by atoms with E-state index in [4.69, 9.17) is 0 Å². The maximum absolute atomic E-state index is 13.3. The van der Waals surface area contributed by atoms with E-state index in [1.807, 2.05) is 54.3 Å². The van der Waals surface area contributed by atoms with Crippen molar-refractivity contribution in [1.82, 2.24) is 9.47 Å². The first-order valence-electron chi connectivity index (χ1n) is 9.84. The zero-order valence-electron chi connectivity index (χ0n) is 16.3. The molecule has 2 heterocycles. The molecule has 3 aromatic rings. The van der Waals surface area contributed by atoms with Gasteiger partial charge in [-0.1, -0.05) is 57.9 Å². The first-order valence-corrected chi connectivity index (χ1v) is 10.6. The molecule has 148 valence electrons. The van der Waals surface area contributed by atoms with Gasteiger partial charge in [-0.25, -0.2) is 0 Å². The highest BCUT2D eigenvalue weighted by Gasteiger charge is 2.31. The van der Waals surface area contributed by atoms with Crippen LogP contribution in [0, 0.1) is 6.92 Å². The van der Waals surface area contributed by atoms with Crippen LogP contribution in [0.25, 0.3) is 0 Å². The Bertz CT molecular complexity index is 1090. The summed E-state index contributed by atoms with van der Waals surface area (Å²) in [7, 11) is 0. The van der Waals surface area contributed by atoms with E-state index < -0.39 is 0 Å². The van der Waals surface area contributed by atoms with Crippen molar-refractivity contribution in [3.63, 3.8) is 0 Å². The van der Waals surface area contributed by atoms with Crippen LogP contribution in [-0.4, -0.2) is 21.9 Å². The first kappa shape index (κ1) is 19.6. The van der Waals surface area contributed by atoms with Crippen molar-refractivity contribution in [3.05, 3.63) is 104 Å². The van der Waals surface area contributed by atoms with Gasteiger partial charge >= 0.3 is 0 Å². The van der Waals surface area contributed by atoms with Crippen molar-refractivity contribution in [2.45, 2.75) is 32.4 Å². The molecule has 4 nitrogen and oxygen atoms in total. The molecule has 0 N–H and O–H groups in total. The topological polar surface area (TPSA) is 42.3 Å². The van der Waals surface area contributed by atoms with Gasteiger partial charge in [-0.2, -0.15) is 0 Å². The van der Waals surface area contributed by atoms with Crippen LogP contribution in [0.3, 0.4) is 0 Å². The zero-order valence-corrected chi connectivity index (χ0v) is 17.9. The number of aryl methyl sites for hydroxylation is 1. The van der Waals surface area contributed by atoms with Crippen LogP contribution in [0.1, 0.15) is 45.9 Å². The number of aromatic nitrogens is 1. The fraction of sp³-hybridized carbons (Fsp3) is 0.250. The predicted molar refractivity (Wildman–Crippen MR) is 118 cm³/mol. The third kappa shape index (κ3) is 4.20. The standard InChI is InChI=1S/C24H23BrN2O2/c1-17-5-2-6-18(15-17)16-26-13-3-7-21(23(26)28)24(29)27-14-4-8-22(27)19-9-11-20(25)12-10-19/h2-3,5-7,9-13,15,22H,4,8,14,16H2,1H3. The molecule has 2 aromatic carbocycles. The number of halogens is 1. The molecule has 0 spiro atoms. The van der Waals surface area contributed by atoms with Crippen LogP contribution in [0.2, 0.25) is 0 Å². The molecule has 29 heavy (non-hydrogen) atoms. The van der Waals surface area contributed by atoms with Gasteiger partial charge in [-0.15, -0.1) is 0 Å². The van der Waals surface area contributed by atoms with Crippen LogP contribution in [-0.2, 0) is 6.54 Å². The van der Waals surface area contributed by atoms with Crippen molar-refractivity contribution in [3.8, 4) is 0 Å². The molecule has 0 radical (unpaired) electrons. The van der Waals surface area contributed by atoms with Gasteiger partial charge in [-0.3, -0.25) is 9.59 Å². The summed E-state index contributed by atoms with van der Waals surface area (Å²) >= 11 is 3.46. The first-order chi connectivity index (χ1) is 14.0. The SMILES string of the molecule is Cc1cccc(Cn2cccc(C(=O)N3CCCC3c3ccc(Br)cc3)c2=O)c1. The minimum Gasteiger partial charge on any atom is -0.331 e. The van der Waals surface area contributed by atoms with Gasteiger partial charge in [0.05, 0.1) is 12.6 Å². The lowest BCUT2D eigenvalue weighted by atomic mass is 10.0. The fourth-order valence-corrected chi connectivity index (χ4v) is 4.29. The summed E-state index contributed by atoms with van der Waals surface area (Å²) in [6.45, 7) is 3.16. The molecule has 1 fully saturated rings. The van der Waals surface area contributed by atoms with Crippen molar-refractivity contribution in [2.24, 2.45) is 0 Å². The average molecular weight is 451 g/mol. The Kier molecular flexibility index (Phi) is 5.67. The molecule has 1 saturated heterocycles. The highest BCUT2D eigenvalue weighted by molar-refractivity contribution is 9.10. The molecule has 1 atom stereocenters. The maximum Gasteiger partial charge on any atom is 0.263 e. The summed E-state index contributed by atoms with van der Waals surface area (Å²) in [6.07, 6.45) is 3.60. The van der Waals surface area contributed by atoms with E-state index in [1.54, 1.807) is 22.9 Å². The molecule has 1 amide bonds. The molecule has 1 aliphatic heterocycles. The molecule has 5 heteroatoms. The van der Waals surface area contributed by atoms with Crippen molar-refractivity contribution in [2.75, 3.05) is 6.54 Å². The van der Waals surface area contributed by atoms with Gasteiger partial charge in [0.15, 0.2) is 0 Å². The van der Waals surface area contributed by atoms with Crippen molar-refractivity contribution in [1.29, 1.82) is 0 Å². The molecule has 4 rings (SSSR count). The monoisotopic (exact) mass is 450 g/mol. The van der Waals surface area contributed by atoms with Crippen LogP contribution in [0.5, 0.6) is 0 Å². The molecule has 0 bridgehead atoms. The molecule has 1 aliphatic rings. The van der Waals surface area contributed by atoms with Crippen LogP contribution < -0.4 is 5.56 Å². The summed E-state index contributed by atoms with van der Waals surface area (Å²) in [6, 6.07) is 19.6. The normalized spacial score (nSPS) is 16.2. The van der Waals surface area contributed by atoms with Crippen LogP contribution >= 0.6 is 15.9 Å². The van der Waals surface area contributed by atoms with Crippen molar-refractivity contribution >= 4 is 21.8 Å². The number of carbonyl (C=O) groups excluding carboxylic acids is 1. The number of rotatable bonds is 4. The fourth-order valence-electron chi connectivity index (χ4n) is 4.03. The summed E-state index contributed by atoms with van der Waals surface area (Å²) in [5, 5.41) is 0. The molecule has 0 saturated carbocycles. The Morgan fingerprint density at radius 2 is 1.90 bits per heavy atom. The van der Waals surface area contributed by atoms with E-state index >= 15 is 0 Å². The van der Waals surface area contributed by atoms with Crippen LogP contribution in [0.15, 0.2) is 76.1 Å². The van der Waals surface area contributed by atoms with Gasteiger partial charge < -0.3 is 9.47 Å². The molecule has 1 aromatic heterocycles. The van der Waals surface area contributed by atoms with E-state index in [0.29, 0.717) is 13.1 Å². The summed E-state index contributed by atoms with van der Waals surface area (Å²) in [5.74, 6) is -0.181. The van der Waals surface area contributed by atoms with E-state index in [1.165, 1.54) is 0 Å². The lowest BCUT2D eigenvalue weighted by Gasteiger charge is -2.25. The molecule has 1 unspecified atom stereocenters. The van der Waals surface area contributed by atoms with Gasteiger partial charge in [0.1, 0.15) is 5.56 Å². The Labute approximate surface area is 178 Å². The van der Waals surface area contributed by atoms with E-state index in [0.717, 1.165) is 34.0 Å². The minimum absolute atomic E-state index is 0.0143. The second-order valence-electron chi connectivity index (χ2n) is 7.55. The number of nitrogens with zero attached hydrogens (tertiary/aromatic N) is 2. The Balaban J connectivity index is 1.61. The Morgan fingerprint density at radius 3 is 2.66 bits per heavy atom. The number of carbonyl (C=O) groups is 1. The Morgan fingerprint density at radius 1 is 1.10 bits per heavy atom. The molecular weight excluding hydrogens is 428 g/mol. The quantitative estimate of drug-likeness (QED) is 0.564. The van der Waals surface area contributed by atoms with E-state index in [-0.39, 0.29) is 23.1 Å². The van der Waals surface area contributed by atoms with Gasteiger partial charge in [0, 0.05) is 17.2 Å². The third-order valence-electron chi connectivity index (χ3n) is 5.45. The smallest absolute Gasteiger partial charge is 0.263 e. The van der Waals surface area contributed by atoms with E-state index in [2.05, 4.69) is 22.0 Å². The Hall–Kier alpha value is -2.66. The van der Waals surface area contributed by atoms with Gasteiger partial charge in [0.2, 0.25) is 0 Å². The highest BCUT2D eigenvalue weighted by Crippen LogP contribution is 2.33. The summed E-state index contributed by atoms with van der Waals surface area (Å²) in [4.78, 5) is 28.2.